The molecule has 32 heavy (non-hydrogen) atoms. The molecule has 0 aliphatic carbocycles. The van der Waals surface area contributed by atoms with Crippen molar-refractivity contribution in [2.75, 3.05) is 7.11 Å². The van der Waals surface area contributed by atoms with Gasteiger partial charge in [-0.05, 0) is 67.4 Å². The van der Waals surface area contributed by atoms with Gasteiger partial charge >= 0.3 is 0 Å². The highest BCUT2D eigenvalue weighted by molar-refractivity contribution is 6.12. The standard InChI is InChI=1S/C31H26O/c1-6-21-13-12-16-27(24(21)7-2)31-26(9-4)25(8-3)30(28-14-10-11-15-29(28)31)22-17-19-23(32-5)20-18-22/h6-20H,1-4H2,5H3. The Morgan fingerprint density at radius 1 is 0.594 bits per heavy atom. The summed E-state index contributed by atoms with van der Waals surface area (Å²) in [6.45, 7) is 16.4. The molecule has 156 valence electrons. The number of hydrogen-bond acceptors (Lipinski definition) is 1. The molecule has 0 saturated heterocycles. The first-order chi connectivity index (χ1) is 15.7. The minimum Gasteiger partial charge on any atom is -0.497 e. The van der Waals surface area contributed by atoms with E-state index in [2.05, 4.69) is 80.9 Å². The molecule has 1 nitrogen and oxygen atoms in total. The van der Waals surface area contributed by atoms with E-state index in [1.54, 1.807) is 7.11 Å². The summed E-state index contributed by atoms with van der Waals surface area (Å²) in [5, 5.41) is 2.32. The van der Waals surface area contributed by atoms with Crippen LogP contribution in [0.15, 0.2) is 93.0 Å². The Balaban J connectivity index is 2.19. The number of benzene rings is 4. The van der Waals surface area contributed by atoms with Crippen LogP contribution in [0.1, 0.15) is 22.3 Å². The van der Waals surface area contributed by atoms with Crippen LogP contribution in [0, 0.1) is 0 Å². The maximum Gasteiger partial charge on any atom is 0.118 e. The monoisotopic (exact) mass is 414 g/mol. The van der Waals surface area contributed by atoms with Crippen LogP contribution < -0.4 is 4.74 Å². The minimum absolute atomic E-state index is 0.829. The van der Waals surface area contributed by atoms with Crippen LogP contribution in [0.25, 0.3) is 57.3 Å². The van der Waals surface area contributed by atoms with Gasteiger partial charge in [0.05, 0.1) is 7.11 Å². The zero-order chi connectivity index (χ0) is 22.7. The largest absolute Gasteiger partial charge is 0.497 e. The Hall–Kier alpha value is -4.10. The van der Waals surface area contributed by atoms with E-state index in [0.29, 0.717) is 0 Å². The van der Waals surface area contributed by atoms with E-state index in [9.17, 15) is 0 Å². The minimum atomic E-state index is 0.829. The van der Waals surface area contributed by atoms with Crippen molar-refractivity contribution >= 4 is 35.1 Å². The zero-order valence-corrected chi connectivity index (χ0v) is 18.4. The van der Waals surface area contributed by atoms with Crippen molar-refractivity contribution in [2.45, 2.75) is 0 Å². The fourth-order valence-electron chi connectivity index (χ4n) is 4.47. The highest BCUT2D eigenvalue weighted by atomic mass is 16.5. The van der Waals surface area contributed by atoms with Gasteiger partial charge in [-0.3, -0.25) is 0 Å². The Morgan fingerprint density at radius 2 is 1.19 bits per heavy atom. The second-order valence-electron chi connectivity index (χ2n) is 7.48. The van der Waals surface area contributed by atoms with Gasteiger partial charge in [0.2, 0.25) is 0 Å². The Morgan fingerprint density at radius 3 is 1.75 bits per heavy atom. The van der Waals surface area contributed by atoms with Gasteiger partial charge in [0.15, 0.2) is 0 Å². The summed E-state index contributed by atoms with van der Waals surface area (Å²) in [5.41, 5.74) is 8.69. The highest BCUT2D eigenvalue weighted by Crippen LogP contribution is 2.44. The van der Waals surface area contributed by atoms with Crippen LogP contribution in [0.5, 0.6) is 5.75 Å². The molecule has 0 aliphatic rings. The number of ether oxygens (including phenoxy) is 1. The van der Waals surface area contributed by atoms with E-state index in [4.69, 9.17) is 4.74 Å². The molecule has 0 radical (unpaired) electrons. The lowest BCUT2D eigenvalue weighted by atomic mass is 9.82. The number of rotatable bonds is 7. The van der Waals surface area contributed by atoms with Gasteiger partial charge in [-0.25, -0.2) is 0 Å². The lowest BCUT2D eigenvalue weighted by Crippen LogP contribution is -1.98. The Kier molecular flexibility index (Phi) is 5.91. The molecule has 4 aromatic rings. The molecule has 0 aromatic heterocycles. The van der Waals surface area contributed by atoms with Crippen molar-refractivity contribution in [1.29, 1.82) is 0 Å². The third-order valence-corrected chi connectivity index (χ3v) is 5.91. The van der Waals surface area contributed by atoms with E-state index in [1.165, 1.54) is 0 Å². The number of fused-ring (bicyclic) bond motifs is 1. The van der Waals surface area contributed by atoms with E-state index in [-0.39, 0.29) is 0 Å². The van der Waals surface area contributed by atoms with E-state index < -0.39 is 0 Å². The summed E-state index contributed by atoms with van der Waals surface area (Å²) in [7, 11) is 1.68. The summed E-state index contributed by atoms with van der Waals surface area (Å²) in [6, 6.07) is 22.9. The quantitative estimate of drug-likeness (QED) is 0.294. The van der Waals surface area contributed by atoms with Gasteiger partial charge < -0.3 is 4.74 Å². The highest BCUT2D eigenvalue weighted by Gasteiger charge is 2.20. The van der Waals surface area contributed by atoms with Gasteiger partial charge in [-0.2, -0.15) is 0 Å². The fraction of sp³-hybridized carbons (Fsp3) is 0.0323. The van der Waals surface area contributed by atoms with Crippen molar-refractivity contribution < 1.29 is 4.74 Å². The fourth-order valence-corrected chi connectivity index (χ4v) is 4.47. The molecule has 0 N–H and O–H groups in total. The molecule has 0 saturated carbocycles. The average Bonchev–Trinajstić information content (AvgIpc) is 2.86. The Bertz CT molecular complexity index is 1350. The van der Waals surface area contributed by atoms with Crippen LogP contribution in [0.2, 0.25) is 0 Å². The molecule has 0 bridgehead atoms. The van der Waals surface area contributed by atoms with Gasteiger partial charge in [-0.1, -0.05) is 105 Å². The number of methoxy groups -OCH3 is 1. The molecule has 0 heterocycles. The smallest absolute Gasteiger partial charge is 0.118 e. The number of hydrogen-bond donors (Lipinski definition) is 0. The molecular formula is C31H26O. The van der Waals surface area contributed by atoms with Crippen molar-refractivity contribution in [3.05, 3.63) is 115 Å². The Labute approximate surface area is 190 Å². The summed E-state index contributed by atoms with van der Waals surface area (Å²) >= 11 is 0. The van der Waals surface area contributed by atoms with Crippen LogP contribution in [-0.4, -0.2) is 7.11 Å². The van der Waals surface area contributed by atoms with Crippen molar-refractivity contribution in [3.63, 3.8) is 0 Å². The summed E-state index contributed by atoms with van der Waals surface area (Å²) in [5.74, 6) is 0.829. The maximum atomic E-state index is 5.36. The van der Waals surface area contributed by atoms with Gasteiger partial charge in [0.1, 0.15) is 5.75 Å². The molecule has 0 amide bonds. The van der Waals surface area contributed by atoms with Crippen LogP contribution in [0.4, 0.5) is 0 Å². The molecule has 4 rings (SSSR count). The molecule has 0 atom stereocenters. The van der Waals surface area contributed by atoms with E-state index in [0.717, 1.165) is 61.0 Å². The van der Waals surface area contributed by atoms with Gasteiger partial charge in [0.25, 0.3) is 0 Å². The summed E-state index contributed by atoms with van der Waals surface area (Å²) in [4.78, 5) is 0. The molecule has 0 fully saturated rings. The lowest BCUT2D eigenvalue weighted by molar-refractivity contribution is 0.415. The molecular weight excluding hydrogens is 388 g/mol. The van der Waals surface area contributed by atoms with Crippen molar-refractivity contribution in [1.82, 2.24) is 0 Å². The first kappa shape index (κ1) is 21.1. The van der Waals surface area contributed by atoms with Crippen LogP contribution in [0.3, 0.4) is 0 Å². The second-order valence-corrected chi connectivity index (χ2v) is 7.48. The normalized spacial score (nSPS) is 10.5. The topological polar surface area (TPSA) is 9.23 Å². The predicted octanol–water partition coefficient (Wildman–Crippen LogP) is 8.75. The summed E-state index contributed by atoms with van der Waals surface area (Å²) < 4.78 is 5.36. The van der Waals surface area contributed by atoms with Crippen molar-refractivity contribution in [2.24, 2.45) is 0 Å². The maximum absolute atomic E-state index is 5.36. The zero-order valence-electron chi connectivity index (χ0n) is 18.4. The van der Waals surface area contributed by atoms with Crippen molar-refractivity contribution in [3.8, 4) is 28.0 Å². The first-order valence-corrected chi connectivity index (χ1v) is 10.5. The molecule has 0 unspecified atom stereocenters. The first-order valence-electron chi connectivity index (χ1n) is 10.5. The molecule has 1 heteroatoms. The third-order valence-electron chi connectivity index (χ3n) is 5.91. The lowest BCUT2D eigenvalue weighted by Gasteiger charge is -2.21. The third kappa shape index (κ3) is 3.38. The molecule has 4 aromatic carbocycles. The van der Waals surface area contributed by atoms with E-state index >= 15 is 0 Å². The molecule has 0 aliphatic heterocycles. The average molecular weight is 415 g/mol. The van der Waals surface area contributed by atoms with Gasteiger partial charge in [-0.15, -0.1) is 0 Å². The van der Waals surface area contributed by atoms with Crippen LogP contribution in [-0.2, 0) is 0 Å². The SMILES string of the molecule is C=Cc1cccc(-c2c(C=C)c(C=C)c(-c3ccc(OC)cc3)c3ccccc23)c1C=C. The predicted molar refractivity (Wildman–Crippen MR) is 142 cm³/mol. The second kappa shape index (κ2) is 8.95. The van der Waals surface area contributed by atoms with Crippen LogP contribution >= 0.6 is 0 Å². The van der Waals surface area contributed by atoms with E-state index in [1.807, 2.05) is 36.4 Å². The summed E-state index contributed by atoms with van der Waals surface area (Å²) in [6.07, 6.45) is 7.63. The molecule has 0 spiro atoms. The van der Waals surface area contributed by atoms with Gasteiger partial charge in [0, 0.05) is 0 Å².